The molecule has 0 amide bonds. The summed E-state index contributed by atoms with van der Waals surface area (Å²) < 4.78 is 1.46. The summed E-state index contributed by atoms with van der Waals surface area (Å²) in [4.78, 5) is 31.9. The molecule has 2 heterocycles. The highest BCUT2D eigenvalue weighted by molar-refractivity contribution is 8.00. The van der Waals surface area contributed by atoms with Gasteiger partial charge in [0.2, 0.25) is 0 Å². The number of H-pyrrole nitrogens is 1. The first-order valence-electron chi connectivity index (χ1n) is 7.58. The Hall–Kier alpha value is -2.54. The van der Waals surface area contributed by atoms with Crippen molar-refractivity contribution in [2.24, 2.45) is 0 Å². The number of benzene rings is 1. The second-order valence-electron chi connectivity index (χ2n) is 5.35. The Morgan fingerprint density at radius 3 is 2.92 bits per heavy atom. The van der Waals surface area contributed by atoms with Gasteiger partial charge in [0.25, 0.3) is 5.56 Å². The van der Waals surface area contributed by atoms with Crippen LogP contribution in [0.3, 0.4) is 0 Å². The number of aliphatic carboxylic acids is 1. The van der Waals surface area contributed by atoms with E-state index in [2.05, 4.69) is 16.5 Å². The lowest BCUT2D eigenvalue weighted by Crippen LogP contribution is -2.25. The molecule has 1 atom stereocenters. The first-order chi connectivity index (χ1) is 11.6. The van der Waals surface area contributed by atoms with E-state index in [1.807, 2.05) is 24.3 Å². The number of nitrogens with one attached hydrogen (secondary N) is 1. The zero-order valence-corrected chi connectivity index (χ0v) is 14.0. The largest absolute Gasteiger partial charge is 0.480 e. The number of hydrogen-bond acceptors (Lipinski definition) is 4. The molecule has 0 aliphatic rings. The van der Waals surface area contributed by atoms with E-state index in [1.165, 1.54) is 4.57 Å². The summed E-state index contributed by atoms with van der Waals surface area (Å²) in [5, 5.41) is 9.89. The SMILES string of the molecule is C=CCn1c(S[C@H](CC)C(=O)O)nc2c([nH]c3ccccc32)c1=O. The average Bonchev–Trinajstić information content (AvgIpc) is 2.94. The Bertz CT molecular complexity index is 990. The minimum absolute atomic E-state index is 0.223. The van der Waals surface area contributed by atoms with Crippen molar-refractivity contribution in [2.45, 2.75) is 30.3 Å². The number of thioether (sulfide) groups is 1. The van der Waals surface area contributed by atoms with E-state index in [4.69, 9.17) is 0 Å². The summed E-state index contributed by atoms with van der Waals surface area (Å²) in [5.74, 6) is -0.916. The van der Waals surface area contributed by atoms with E-state index in [-0.39, 0.29) is 12.1 Å². The summed E-state index contributed by atoms with van der Waals surface area (Å²) in [6.07, 6.45) is 2.04. The Balaban J connectivity index is 2.27. The van der Waals surface area contributed by atoms with Crippen LogP contribution >= 0.6 is 11.8 Å². The lowest BCUT2D eigenvalue weighted by atomic mass is 10.2. The third-order valence-corrected chi connectivity index (χ3v) is 5.12. The fraction of sp³-hybridized carbons (Fsp3) is 0.235. The average molecular weight is 343 g/mol. The van der Waals surface area contributed by atoms with Crippen LogP contribution in [0.5, 0.6) is 0 Å². The highest BCUT2D eigenvalue weighted by atomic mass is 32.2. The number of carboxylic acid groups (broad SMARTS) is 1. The molecule has 7 heteroatoms. The maximum absolute atomic E-state index is 12.8. The summed E-state index contributed by atoms with van der Waals surface area (Å²) in [6, 6.07) is 7.53. The number of nitrogens with zero attached hydrogens (tertiary/aromatic N) is 2. The van der Waals surface area contributed by atoms with Crippen molar-refractivity contribution in [3.8, 4) is 0 Å². The monoisotopic (exact) mass is 343 g/mol. The minimum Gasteiger partial charge on any atom is -0.480 e. The number of aromatic nitrogens is 3. The normalized spacial score (nSPS) is 12.5. The van der Waals surface area contributed by atoms with Crippen LogP contribution in [0.4, 0.5) is 0 Å². The Labute approximate surface area is 142 Å². The maximum Gasteiger partial charge on any atom is 0.317 e. The molecule has 124 valence electrons. The van der Waals surface area contributed by atoms with Crippen LogP contribution in [-0.2, 0) is 11.3 Å². The minimum atomic E-state index is -0.916. The highest BCUT2D eigenvalue weighted by Crippen LogP contribution is 2.27. The summed E-state index contributed by atoms with van der Waals surface area (Å²) in [6.45, 7) is 5.74. The number of carbonyl (C=O) groups is 1. The molecule has 0 unspecified atom stereocenters. The van der Waals surface area contributed by atoms with Crippen LogP contribution in [0.2, 0.25) is 0 Å². The molecule has 2 N–H and O–H groups in total. The smallest absolute Gasteiger partial charge is 0.317 e. The van der Waals surface area contributed by atoms with Gasteiger partial charge >= 0.3 is 5.97 Å². The second-order valence-corrected chi connectivity index (χ2v) is 6.52. The van der Waals surface area contributed by atoms with E-state index in [0.29, 0.717) is 22.6 Å². The van der Waals surface area contributed by atoms with Crippen LogP contribution in [-0.4, -0.2) is 30.9 Å². The third-order valence-electron chi connectivity index (χ3n) is 3.78. The van der Waals surface area contributed by atoms with Gasteiger partial charge in [-0.3, -0.25) is 14.2 Å². The van der Waals surface area contributed by atoms with E-state index in [9.17, 15) is 14.7 Å². The van der Waals surface area contributed by atoms with Crippen molar-refractivity contribution < 1.29 is 9.90 Å². The van der Waals surface area contributed by atoms with Crippen molar-refractivity contribution in [2.75, 3.05) is 0 Å². The van der Waals surface area contributed by atoms with Crippen LogP contribution in [0.25, 0.3) is 21.9 Å². The molecule has 0 spiro atoms. The van der Waals surface area contributed by atoms with Crippen LogP contribution in [0.15, 0.2) is 46.9 Å². The maximum atomic E-state index is 12.8. The number of para-hydroxylation sites is 1. The third kappa shape index (κ3) is 2.71. The van der Waals surface area contributed by atoms with Gasteiger partial charge in [-0.25, -0.2) is 4.98 Å². The van der Waals surface area contributed by atoms with Crippen LogP contribution < -0.4 is 5.56 Å². The molecule has 0 radical (unpaired) electrons. The molecule has 3 aromatic rings. The second kappa shape index (κ2) is 6.52. The summed E-state index contributed by atoms with van der Waals surface area (Å²) in [7, 11) is 0. The molecule has 2 aromatic heterocycles. The lowest BCUT2D eigenvalue weighted by Gasteiger charge is -2.13. The molecule has 6 nitrogen and oxygen atoms in total. The van der Waals surface area contributed by atoms with Crippen molar-refractivity contribution in [3.63, 3.8) is 0 Å². The van der Waals surface area contributed by atoms with Crippen LogP contribution in [0, 0.1) is 0 Å². The highest BCUT2D eigenvalue weighted by Gasteiger charge is 2.22. The number of fused-ring (bicyclic) bond motifs is 3. The predicted octanol–water partition coefficient (Wildman–Crippen LogP) is 3.02. The number of aromatic amines is 1. The van der Waals surface area contributed by atoms with Gasteiger partial charge < -0.3 is 10.1 Å². The van der Waals surface area contributed by atoms with Crippen molar-refractivity contribution in [1.82, 2.24) is 14.5 Å². The number of allylic oxidation sites excluding steroid dienone is 1. The zero-order valence-electron chi connectivity index (χ0n) is 13.2. The number of carboxylic acids is 1. The summed E-state index contributed by atoms with van der Waals surface area (Å²) in [5.41, 5.74) is 1.60. The molecule has 0 fully saturated rings. The van der Waals surface area contributed by atoms with E-state index < -0.39 is 11.2 Å². The van der Waals surface area contributed by atoms with Crippen molar-refractivity contribution in [3.05, 3.63) is 47.3 Å². The molecule has 0 aliphatic heterocycles. The Kier molecular flexibility index (Phi) is 4.44. The topological polar surface area (TPSA) is 88.0 Å². The molecule has 0 bridgehead atoms. The lowest BCUT2D eigenvalue weighted by molar-refractivity contribution is -0.136. The molecule has 1 aromatic carbocycles. The van der Waals surface area contributed by atoms with Crippen molar-refractivity contribution in [1.29, 1.82) is 0 Å². The van der Waals surface area contributed by atoms with E-state index in [1.54, 1.807) is 13.0 Å². The molecular weight excluding hydrogens is 326 g/mol. The molecule has 24 heavy (non-hydrogen) atoms. The van der Waals surface area contributed by atoms with Gasteiger partial charge in [0.15, 0.2) is 5.16 Å². The van der Waals surface area contributed by atoms with Gasteiger partial charge in [0.05, 0.1) is 0 Å². The van der Waals surface area contributed by atoms with Gasteiger partial charge in [-0.05, 0) is 12.5 Å². The molecule has 0 saturated heterocycles. The Morgan fingerprint density at radius 2 is 2.25 bits per heavy atom. The quantitative estimate of drug-likeness (QED) is 0.408. The van der Waals surface area contributed by atoms with E-state index in [0.717, 1.165) is 22.7 Å². The van der Waals surface area contributed by atoms with Gasteiger partial charge in [-0.15, -0.1) is 6.58 Å². The first-order valence-corrected chi connectivity index (χ1v) is 8.46. The fourth-order valence-electron chi connectivity index (χ4n) is 2.59. The molecule has 0 aliphatic carbocycles. The Morgan fingerprint density at radius 1 is 1.50 bits per heavy atom. The number of hydrogen-bond donors (Lipinski definition) is 2. The van der Waals surface area contributed by atoms with E-state index >= 15 is 0 Å². The van der Waals surface area contributed by atoms with Gasteiger partial charge in [-0.1, -0.05) is 43.0 Å². The molecule has 3 rings (SSSR count). The molecule has 0 saturated carbocycles. The number of rotatable bonds is 6. The van der Waals surface area contributed by atoms with Crippen molar-refractivity contribution >= 4 is 39.7 Å². The fourth-order valence-corrected chi connectivity index (χ4v) is 3.54. The predicted molar refractivity (Wildman–Crippen MR) is 95.6 cm³/mol. The zero-order chi connectivity index (χ0) is 17.3. The first kappa shape index (κ1) is 16.3. The standard InChI is InChI=1S/C17H17N3O3S/c1-3-9-20-15(21)14-13(10-7-5-6-8-11(10)18-14)19-17(20)24-12(4-2)16(22)23/h3,5-8,12,18H,1,4,9H2,2H3,(H,22,23)/t12-/m1/s1. The molecular formula is C17H17N3O3S. The summed E-state index contributed by atoms with van der Waals surface area (Å²) >= 11 is 1.09. The van der Waals surface area contributed by atoms with Gasteiger partial charge in [0.1, 0.15) is 16.3 Å². The van der Waals surface area contributed by atoms with Gasteiger partial charge in [-0.2, -0.15) is 0 Å². The van der Waals surface area contributed by atoms with Gasteiger partial charge in [0, 0.05) is 17.4 Å². The van der Waals surface area contributed by atoms with Crippen LogP contribution in [0.1, 0.15) is 13.3 Å².